The summed E-state index contributed by atoms with van der Waals surface area (Å²) in [5.41, 5.74) is 0.731. The van der Waals surface area contributed by atoms with Crippen molar-refractivity contribution in [2.45, 2.75) is 33.4 Å². The lowest BCUT2D eigenvalue weighted by Crippen LogP contribution is -1.87. The van der Waals surface area contributed by atoms with Gasteiger partial charge in [0.2, 0.25) is 0 Å². The number of halogens is 1. The summed E-state index contributed by atoms with van der Waals surface area (Å²) in [7, 11) is 0. The number of fused-ring (bicyclic) bond motifs is 1. The van der Waals surface area contributed by atoms with Crippen LogP contribution in [0.5, 0.6) is 0 Å². The van der Waals surface area contributed by atoms with E-state index in [2.05, 4.69) is 17.6 Å². The molecule has 0 aliphatic heterocycles. The summed E-state index contributed by atoms with van der Waals surface area (Å²) in [5, 5.41) is 12.0. The van der Waals surface area contributed by atoms with Gasteiger partial charge in [0.05, 0.1) is 10.1 Å². The summed E-state index contributed by atoms with van der Waals surface area (Å²) < 4.78 is 1.21. The fourth-order valence-electron chi connectivity index (χ4n) is 1.88. The third-order valence-electron chi connectivity index (χ3n) is 2.72. The average molecular weight is 368 g/mol. The van der Waals surface area contributed by atoms with Crippen molar-refractivity contribution in [3.8, 4) is 0 Å². The highest BCUT2D eigenvalue weighted by atomic mass is 35.5. The Balaban J connectivity index is 0.00000127. The third kappa shape index (κ3) is 6.05. The van der Waals surface area contributed by atoms with E-state index in [9.17, 15) is 0 Å². The maximum absolute atomic E-state index is 9.10. The van der Waals surface area contributed by atoms with Crippen molar-refractivity contribution in [3.63, 3.8) is 0 Å². The smallest absolute Gasteiger partial charge is 0.110 e. The zero-order valence-corrected chi connectivity index (χ0v) is 16.3. The molecule has 0 saturated heterocycles. The van der Waals surface area contributed by atoms with E-state index in [1.807, 2.05) is 45.9 Å². The number of hydrogen-bond acceptors (Lipinski definition) is 4. The number of nitrogens with zero attached hydrogens (tertiary/aromatic N) is 1. The molecular weight excluding hydrogens is 346 g/mol. The molecule has 2 rings (SSSR count). The molecule has 0 radical (unpaired) electrons. The van der Waals surface area contributed by atoms with Crippen LogP contribution in [0.4, 0.5) is 0 Å². The molecule has 124 valence electrons. The van der Waals surface area contributed by atoms with E-state index in [0.29, 0.717) is 0 Å². The predicted octanol–water partition coefficient (Wildman–Crippen LogP) is 7.21. The van der Waals surface area contributed by atoms with Crippen LogP contribution in [0.3, 0.4) is 0 Å². The van der Waals surface area contributed by atoms with Crippen LogP contribution >= 0.6 is 34.7 Å². The number of aliphatic hydroxyl groups excluding tert-OH is 1. The largest absolute Gasteiger partial charge is 0.509 e. The SMILES string of the molecule is C=C(O)/C=C(/C)N=C(C)SCc1sc2ccccc2c1Cl.CC. The third-order valence-corrected chi connectivity index (χ3v) is 5.56. The summed E-state index contributed by atoms with van der Waals surface area (Å²) in [6.07, 6.45) is 1.54. The van der Waals surface area contributed by atoms with E-state index in [0.717, 1.165) is 31.8 Å². The van der Waals surface area contributed by atoms with Crippen LogP contribution in [-0.4, -0.2) is 10.2 Å². The Labute approximate surface area is 151 Å². The first-order valence-corrected chi connectivity index (χ1v) is 9.55. The molecule has 0 amide bonds. The monoisotopic (exact) mass is 367 g/mol. The van der Waals surface area contributed by atoms with Gasteiger partial charge in [0, 0.05) is 32.5 Å². The first-order chi connectivity index (χ1) is 11.0. The van der Waals surface area contributed by atoms with Gasteiger partial charge in [-0.15, -0.1) is 23.1 Å². The van der Waals surface area contributed by atoms with Gasteiger partial charge in [0.25, 0.3) is 0 Å². The van der Waals surface area contributed by atoms with Crippen LogP contribution in [0.25, 0.3) is 10.1 Å². The first-order valence-electron chi connectivity index (χ1n) is 7.37. The number of thioether (sulfide) groups is 1. The second-order valence-corrected chi connectivity index (χ2v) is 7.21. The molecule has 2 nitrogen and oxygen atoms in total. The average Bonchev–Trinajstić information content (AvgIpc) is 2.83. The molecule has 0 bridgehead atoms. The van der Waals surface area contributed by atoms with Crippen molar-refractivity contribution in [1.29, 1.82) is 0 Å². The predicted molar refractivity (Wildman–Crippen MR) is 108 cm³/mol. The molecule has 0 saturated carbocycles. The Hall–Kier alpha value is -1.23. The van der Waals surface area contributed by atoms with E-state index >= 15 is 0 Å². The fraction of sp³-hybridized carbons (Fsp3) is 0.278. The molecule has 2 aromatic rings. The molecule has 0 aliphatic rings. The molecular formula is C18H22ClNOS2. The Morgan fingerprint density at radius 1 is 1.35 bits per heavy atom. The van der Waals surface area contributed by atoms with Crippen LogP contribution in [0.1, 0.15) is 32.6 Å². The van der Waals surface area contributed by atoms with Gasteiger partial charge in [-0.3, -0.25) is 4.99 Å². The minimum Gasteiger partial charge on any atom is -0.509 e. The Kier molecular flexibility index (Phi) is 8.45. The number of allylic oxidation sites excluding steroid dienone is 2. The molecule has 0 unspecified atom stereocenters. The number of benzene rings is 1. The zero-order valence-electron chi connectivity index (χ0n) is 13.9. The Morgan fingerprint density at radius 3 is 2.61 bits per heavy atom. The van der Waals surface area contributed by atoms with E-state index in [1.165, 1.54) is 10.8 Å². The van der Waals surface area contributed by atoms with Gasteiger partial charge in [-0.05, 0) is 19.9 Å². The molecule has 0 spiro atoms. The van der Waals surface area contributed by atoms with Crippen LogP contribution in [-0.2, 0) is 5.75 Å². The molecule has 1 aromatic carbocycles. The molecule has 0 aliphatic carbocycles. The van der Waals surface area contributed by atoms with Crippen molar-refractivity contribution >= 4 is 49.8 Å². The molecule has 1 heterocycles. The molecule has 5 heteroatoms. The molecule has 0 atom stereocenters. The Bertz CT molecular complexity index is 732. The van der Waals surface area contributed by atoms with E-state index < -0.39 is 0 Å². The van der Waals surface area contributed by atoms with Gasteiger partial charge >= 0.3 is 0 Å². The minimum atomic E-state index is 0.0154. The van der Waals surface area contributed by atoms with Crippen molar-refractivity contribution in [2.75, 3.05) is 0 Å². The number of aliphatic hydroxyl groups is 1. The lowest BCUT2D eigenvalue weighted by molar-refractivity contribution is 0.434. The summed E-state index contributed by atoms with van der Waals surface area (Å²) in [6, 6.07) is 8.15. The van der Waals surface area contributed by atoms with Crippen LogP contribution in [0.2, 0.25) is 5.02 Å². The van der Waals surface area contributed by atoms with Gasteiger partial charge in [-0.2, -0.15) is 0 Å². The number of thiophene rings is 1. The standard InChI is InChI=1S/C16H16ClNOS2.C2H6/c1-10(8-11(2)19)18-12(3)20-9-15-16(17)13-6-4-5-7-14(13)21-15;1-2/h4-8,19H,2,9H2,1,3H3;1-2H3/b10-8-,18-12?;. The highest BCUT2D eigenvalue weighted by Crippen LogP contribution is 2.37. The highest BCUT2D eigenvalue weighted by Gasteiger charge is 2.10. The Morgan fingerprint density at radius 2 is 2.00 bits per heavy atom. The van der Waals surface area contributed by atoms with Crippen molar-refractivity contribution in [3.05, 3.63) is 58.3 Å². The zero-order chi connectivity index (χ0) is 17.4. The topological polar surface area (TPSA) is 32.6 Å². The normalized spacial score (nSPS) is 12.0. The first kappa shape index (κ1) is 19.8. The highest BCUT2D eigenvalue weighted by molar-refractivity contribution is 8.13. The van der Waals surface area contributed by atoms with Crippen LogP contribution in [0.15, 0.2) is 53.4 Å². The number of hydrogen-bond donors (Lipinski definition) is 1. The van der Waals surface area contributed by atoms with E-state index in [1.54, 1.807) is 23.1 Å². The molecule has 1 N–H and O–H groups in total. The summed E-state index contributed by atoms with van der Waals surface area (Å²) in [4.78, 5) is 5.56. The van der Waals surface area contributed by atoms with Crippen molar-refractivity contribution in [2.24, 2.45) is 4.99 Å². The summed E-state index contributed by atoms with van der Waals surface area (Å²) in [6.45, 7) is 11.2. The maximum atomic E-state index is 9.10. The second kappa shape index (κ2) is 9.81. The lowest BCUT2D eigenvalue weighted by Gasteiger charge is -2.00. The van der Waals surface area contributed by atoms with Crippen LogP contribution < -0.4 is 0 Å². The van der Waals surface area contributed by atoms with Gasteiger partial charge in [0.15, 0.2) is 0 Å². The molecule has 0 fully saturated rings. The van der Waals surface area contributed by atoms with E-state index in [4.69, 9.17) is 16.7 Å². The summed E-state index contributed by atoms with van der Waals surface area (Å²) >= 11 is 9.77. The maximum Gasteiger partial charge on any atom is 0.110 e. The molecule has 1 aromatic heterocycles. The fourth-order valence-corrected chi connectivity index (χ4v) is 4.36. The van der Waals surface area contributed by atoms with Crippen molar-refractivity contribution in [1.82, 2.24) is 0 Å². The summed E-state index contributed by atoms with van der Waals surface area (Å²) in [5.74, 6) is 0.808. The van der Waals surface area contributed by atoms with Gasteiger partial charge in [-0.1, -0.05) is 50.2 Å². The van der Waals surface area contributed by atoms with E-state index in [-0.39, 0.29) is 5.76 Å². The quantitative estimate of drug-likeness (QED) is 0.268. The lowest BCUT2D eigenvalue weighted by atomic mass is 10.2. The minimum absolute atomic E-state index is 0.0154. The van der Waals surface area contributed by atoms with Crippen molar-refractivity contribution < 1.29 is 5.11 Å². The second-order valence-electron chi connectivity index (χ2n) is 4.53. The number of rotatable bonds is 4. The molecule has 23 heavy (non-hydrogen) atoms. The van der Waals surface area contributed by atoms with Gasteiger partial charge in [-0.25, -0.2) is 0 Å². The van der Waals surface area contributed by atoms with Crippen LogP contribution in [0, 0.1) is 0 Å². The number of aliphatic imine (C=N–C) groups is 1. The van der Waals surface area contributed by atoms with Gasteiger partial charge in [0.1, 0.15) is 5.76 Å². The van der Waals surface area contributed by atoms with Gasteiger partial charge < -0.3 is 5.11 Å².